The Hall–Kier alpha value is -1.34. The molecule has 1 atom stereocenters. The van der Waals surface area contributed by atoms with Crippen molar-refractivity contribution in [3.8, 4) is 6.07 Å². The Morgan fingerprint density at radius 2 is 2.54 bits per heavy atom. The molecule has 1 rings (SSSR count). The zero-order valence-corrected chi connectivity index (χ0v) is 7.99. The molecule has 1 aromatic heterocycles. The first-order chi connectivity index (χ1) is 6.27. The first-order valence-corrected chi connectivity index (χ1v) is 4.40. The van der Waals surface area contributed by atoms with E-state index in [-0.39, 0.29) is 6.04 Å². The molecule has 4 heteroatoms. The van der Waals surface area contributed by atoms with E-state index in [0.29, 0.717) is 0 Å². The smallest absolute Gasteiger partial charge is 0.119 e. The molecular weight excluding hydrogens is 164 g/mol. The van der Waals surface area contributed by atoms with Crippen LogP contribution < -0.4 is 5.32 Å². The van der Waals surface area contributed by atoms with Gasteiger partial charge in [-0.3, -0.25) is 0 Å². The number of hydrogen-bond acceptors (Lipinski definition) is 3. The maximum Gasteiger partial charge on any atom is 0.119 e. The summed E-state index contributed by atoms with van der Waals surface area (Å²) in [6, 6.07) is 2.02. The molecular formula is C9H14N4. The van der Waals surface area contributed by atoms with Crippen LogP contribution in [-0.2, 0) is 6.54 Å². The summed E-state index contributed by atoms with van der Waals surface area (Å²) in [4.78, 5) is 4.17. The largest absolute Gasteiger partial charge is 0.321 e. The first-order valence-electron chi connectivity index (χ1n) is 4.40. The van der Waals surface area contributed by atoms with E-state index >= 15 is 0 Å². The fourth-order valence-corrected chi connectivity index (χ4v) is 1.00. The highest BCUT2D eigenvalue weighted by atomic mass is 15.1. The van der Waals surface area contributed by atoms with E-state index in [4.69, 9.17) is 5.26 Å². The SMILES string of the molecule is CCNCc1cn(C(C)C#N)cn1. The molecule has 1 heterocycles. The Morgan fingerprint density at radius 3 is 3.15 bits per heavy atom. The zero-order valence-electron chi connectivity index (χ0n) is 7.99. The Kier molecular flexibility index (Phi) is 3.47. The quantitative estimate of drug-likeness (QED) is 0.750. The molecule has 0 radical (unpaired) electrons. The molecule has 0 fully saturated rings. The molecule has 1 N–H and O–H groups in total. The lowest BCUT2D eigenvalue weighted by Crippen LogP contribution is -2.11. The van der Waals surface area contributed by atoms with Crippen molar-refractivity contribution in [2.75, 3.05) is 6.54 Å². The van der Waals surface area contributed by atoms with Gasteiger partial charge >= 0.3 is 0 Å². The molecule has 0 saturated heterocycles. The van der Waals surface area contributed by atoms with Gasteiger partial charge in [-0.2, -0.15) is 5.26 Å². The second-order valence-corrected chi connectivity index (χ2v) is 2.90. The number of nitriles is 1. The van der Waals surface area contributed by atoms with Crippen molar-refractivity contribution in [3.63, 3.8) is 0 Å². The van der Waals surface area contributed by atoms with E-state index in [0.717, 1.165) is 18.8 Å². The minimum absolute atomic E-state index is 0.136. The van der Waals surface area contributed by atoms with Crippen molar-refractivity contribution >= 4 is 0 Å². The molecule has 1 unspecified atom stereocenters. The molecule has 0 saturated carbocycles. The Bertz CT molecular complexity index is 297. The molecule has 0 aliphatic carbocycles. The van der Waals surface area contributed by atoms with E-state index in [2.05, 4.69) is 23.3 Å². The standard InChI is InChI=1S/C9H14N4/c1-3-11-5-9-6-13(7-12-9)8(2)4-10/h6-8,11H,3,5H2,1-2H3. The summed E-state index contributed by atoms with van der Waals surface area (Å²) >= 11 is 0. The fourth-order valence-electron chi connectivity index (χ4n) is 1.00. The number of aromatic nitrogens is 2. The molecule has 0 aliphatic rings. The molecule has 4 nitrogen and oxygen atoms in total. The number of nitrogens with one attached hydrogen (secondary N) is 1. The van der Waals surface area contributed by atoms with Gasteiger partial charge in [0.15, 0.2) is 0 Å². The van der Waals surface area contributed by atoms with Gasteiger partial charge in [-0.05, 0) is 13.5 Å². The summed E-state index contributed by atoms with van der Waals surface area (Å²) in [5, 5.41) is 11.8. The highest BCUT2D eigenvalue weighted by Crippen LogP contribution is 2.04. The highest BCUT2D eigenvalue weighted by Gasteiger charge is 2.03. The maximum atomic E-state index is 8.66. The van der Waals surface area contributed by atoms with Crippen LogP contribution in [-0.4, -0.2) is 16.1 Å². The zero-order chi connectivity index (χ0) is 9.68. The molecule has 70 valence electrons. The average Bonchev–Trinajstić information content (AvgIpc) is 2.62. The van der Waals surface area contributed by atoms with Crippen LogP contribution in [0.15, 0.2) is 12.5 Å². The van der Waals surface area contributed by atoms with Crippen LogP contribution in [0.1, 0.15) is 25.6 Å². The lowest BCUT2D eigenvalue weighted by Gasteiger charge is -2.01. The Morgan fingerprint density at radius 1 is 1.77 bits per heavy atom. The molecule has 0 bridgehead atoms. The van der Waals surface area contributed by atoms with Crippen LogP contribution in [0.4, 0.5) is 0 Å². The minimum Gasteiger partial charge on any atom is -0.321 e. The van der Waals surface area contributed by atoms with Crippen LogP contribution in [0.2, 0.25) is 0 Å². The lowest BCUT2D eigenvalue weighted by atomic mass is 10.4. The lowest BCUT2D eigenvalue weighted by molar-refractivity contribution is 0.668. The Labute approximate surface area is 78.2 Å². The van der Waals surface area contributed by atoms with Gasteiger partial charge in [0.05, 0.1) is 18.1 Å². The average molecular weight is 178 g/mol. The highest BCUT2D eigenvalue weighted by molar-refractivity contribution is 5.00. The van der Waals surface area contributed by atoms with Crippen LogP contribution in [0, 0.1) is 11.3 Å². The third-order valence-corrected chi connectivity index (χ3v) is 1.85. The summed E-state index contributed by atoms with van der Waals surface area (Å²) in [5.41, 5.74) is 0.976. The monoisotopic (exact) mass is 178 g/mol. The molecule has 0 aliphatic heterocycles. The first kappa shape index (κ1) is 9.75. The minimum atomic E-state index is -0.136. The third-order valence-electron chi connectivity index (χ3n) is 1.85. The predicted molar refractivity (Wildman–Crippen MR) is 49.9 cm³/mol. The number of imidazole rings is 1. The predicted octanol–water partition coefficient (Wildman–Crippen LogP) is 1.08. The van der Waals surface area contributed by atoms with Gasteiger partial charge in [-0.1, -0.05) is 6.92 Å². The summed E-state index contributed by atoms with van der Waals surface area (Å²) in [7, 11) is 0. The molecule has 13 heavy (non-hydrogen) atoms. The number of hydrogen-bond donors (Lipinski definition) is 1. The summed E-state index contributed by atoms with van der Waals surface area (Å²) in [5.74, 6) is 0. The van der Waals surface area contributed by atoms with Gasteiger partial charge in [0.25, 0.3) is 0 Å². The van der Waals surface area contributed by atoms with E-state index in [1.807, 2.05) is 17.7 Å². The van der Waals surface area contributed by atoms with E-state index in [1.54, 1.807) is 6.33 Å². The van der Waals surface area contributed by atoms with Crippen LogP contribution >= 0.6 is 0 Å². The van der Waals surface area contributed by atoms with Crippen LogP contribution in [0.3, 0.4) is 0 Å². The summed E-state index contributed by atoms with van der Waals surface area (Å²) in [6.45, 7) is 5.59. The number of nitrogens with zero attached hydrogens (tertiary/aromatic N) is 3. The van der Waals surface area contributed by atoms with Crippen LogP contribution in [0.25, 0.3) is 0 Å². The summed E-state index contributed by atoms with van der Waals surface area (Å²) < 4.78 is 1.81. The normalized spacial score (nSPS) is 12.4. The molecule has 1 aromatic rings. The van der Waals surface area contributed by atoms with Crippen molar-refractivity contribution in [3.05, 3.63) is 18.2 Å². The topological polar surface area (TPSA) is 53.6 Å². The van der Waals surface area contributed by atoms with Gasteiger partial charge < -0.3 is 9.88 Å². The fraction of sp³-hybridized carbons (Fsp3) is 0.556. The van der Waals surface area contributed by atoms with Gasteiger partial charge in [0.1, 0.15) is 6.04 Å². The third kappa shape index (κ3) is 2.56. The van der Waals surface area contributed by atoms with E-state index in [1.165, 1.54) is 0 Å². The van der Waals surface area contributed by atoms with Gasteiger partial charge in [-0.25, -0.2) is 4.98 Å². The maximum absolute atomic E-state index is 8.66. The molecule has 0 amide bonds. The second-order valence-electron chi connectivity index (χ2n) is 2.90. The van der Waals surface area contributed by atoms with E-state index in [9.17, 15) is 0 Å². The second kappa shape index (κ2) is 4.63. The molecule has 0 spiro atoms. The van der Waals surface area contributed by atoms with Crippen molar-refractivity contribution in [2.24, 2.45) is 0 Å². The van der Waals surface area contributed by atoms with Crippen molar-refractivity contribution < 1.29 is 0 Å². The molecule has 0 aromatic carbocycles. The van der Waals surface area contributed by atoms with Gasteiger partial charge in [-0.15, -0.1) is 0 Å². The van der Waals surface area contributed by atoms with Crippen molar-refractivity contribution in [1.29, 1.82) is 5.26 Å². The summed E-state index contributed by atoms with van der Waals surface area (Å²) in [6.07, 6.45) is 3.59. The van der Waals surface area contributed by atoms with Gasteiger partial charge in [0, 0.05) is 12.7 Å². The van der Waals surface area contributed by atoms with Crippen molar-refractivity contribution in [1.82, 2.24) is 14.9 Å². The van der Waals surface area contributed by atoms with Gasteiger partial charge in [0.2, 0.25) is 0 Å². The number of rotatable bonds is 4. The van der Waals surface area contributed by atoms with Crippen LogP contribution in [0.5, 0.6) is 0 Å². The Balaban J connectivity index is 2.59. The van der Waals surface area contributed by atoms with E-state index < -0.39 is 0 Å². The van der Waals surface area contributed by atoms with Crippen molar-refractivity contribution in [2.45, 2.75) is 26.4 Å².